The number of likely N-dealkylation sites (tertiary alicyclic amines) is 1. The number of hydrogen-bond donors (Lipinski definition) is 2. The number of nitrogens with zero attached hydrogens (tertiary/aromatic N) is 1. The third-order valence-electron chi connectivity index (χ3n) is 8.43. The normalized spacial score (nSPS) is 29.5. The molecule has 1 amide bonds. The van der Waals surface area contributed by atoms with Gasteiger partial charge in [0.15, 0.2) is 0 Å². The molecule has 0 spiro atoms. The molecule has 5 heteroatoms. The summed E-state index contributed by atoms with van der Waals surface area (Å²) in [6.45, 7) is 5.04. The average Bonchev–Trinajstić information content (AvgIpc) is 3.49. The van der Waals surface area contributed by atoms with E-state index < -0.39 is 5.97 Å². The van der Waals surface area contributed by atoms with Crippen molar-refractivity contribution in [3.8, 4) is 0 Å². The molecule has 2 heterocycles. The van der Waals surface area contributed by atoms with Crippen LogP contribution in [-0.4, -0.2) is 39.5 Å². The Morgan fingerprint density at radius 3 is 2.77 bits per heavy atom. The number of carboxylic acids is 1. The zero-order valence-corrected chi connectivity index (χ0v) is 18.7. The quantitative estimate of drug-likeness (QED) is 0.676. The van der Waals surface area contributed by atoms with Crippen molar-refractivity contribution >= 4 is 22.8 Å². The van der Waals surface area contributed by atoms with Crippen LogP contribution in [0.15, 0.2) is 24.4 Å². The Bertz CT molecular complexity index is 1010. The topological polar surface area (TPSA) is 73.4 Å². The van der Waals surface area contributed by atoms with Crippen LogP contribution in [-0.2, 0) is 9.59 Å². The highest BCUT2D eigenvalue weighted by Gasteiger charge is 2.52. The second-order valence-electron chi connectivity index (χ2n) is 10.4. The Balaban J connectivity index is 1.38. The van der Waals surface area contributed by atoms with Crippen molar-refractivity contribution in [2.24, 2.45) is 11.3 Å². The molecular formula is C26H34N2O3. The Kier molecular flexibility index (Phi) is 5.10. The smallest absolute Gasteiger partial charge is 0.307 e. The van der Waals surface area contributed by atoms with Crippen molar-refractivity contribution in [2.45, 2.75) is 83.1 Å². The van der Waals surface area contributed by atoms with Crippen LogP contribution in [0.2, 0.25) is 0 Å². The van der Waals surface area contributed by atoms with Gasteiger partial charge in [0, 0.05) is 41.5 Å². The fourth-order valence-corrected chi connectivity index (χ4v) is 6.60. The fraction of sp³-hybridized carbons (Fsp3) is 0.615. The van der Waals surface area contributed by atoms with E-state index in [-0.39, 0.29) is 29.2 Å². The number of carbonyl (C=O) groups is 2. The zero-order chi connectivity index (χ0) is 21.8. The van der Waals surface area contributed by atoms with Crippen LogP contribution in [0.25, 0.3) is 10.9 Å². The molecule has 4 atom stereocenters. The number of carboxylic acid groups (broad SMARTS) is 1. The van der Waals surface area contributed by atoms with Gasteiger partial charge in [-0.1, -0.05) is 32.4 Å². The van der Waals surface area contributed by atoms with E-state index in [9.17, 15) is 14.7 Å². The van der Waals surface area contributed by atoms with E-state index in [1.54, 1.807) is 0 Å². The van der Waals surface area contributed by atoms with E-state index in [1.807, 2.05) is 4.90 Å². The lowest BCUT2D eigenvalue weighted by atomic mass is 9.60. The molecule has 4 unspecified atom stereocenters. The van der Waals surface area contributed by atoms with Gasteiger partial charge in [-0.15, -0.1) is 0 Å². The van der Waals surface area contributed by atoms with Gasteiger partial charge in [-0.25, -0.2) is 0 Å². The predicted molar refractivity (Wildman–Crippen MR) is 121 cm³/mol. The minimum atomic E-state index is -0.693. The molecule has 0 bridgehead atoms. The summed E-state index contributed by atoms with van der Waals surface area (Å²) in [7, 11) is 0. The highest BCUT2D eigenvalue weighted by atomic mass is 16.4. The Morgan fingerprint density at radius 2 is 2.03 bits per heavy atom. The molecular weight excluding hydrogens is 388 g/mol. The van der Waals surface area contributed by atoms with Gasteiger partial charge in [0.25, 0.3) is 0 Å². The maximum Gasteiger partial charge on any atom is 0.307 e. The number of nitrogens with one attached hydrogen (secondary N) is 1. The Labute approximate surface area is 184 Å². The number of rotatable bonds is 5. The van der Waals surface area contributed by atoms with Crippen molar-refractivity contribution in [3.05, 3.63) is 35.5 Å². The number of aromatic amines is 1. The van der Waals surface area contributed by atoms with Gasteiger partial charge in [0.05, 0.1) is 5.92 Å². The largest absolute Gasteiger partial charge is 0.481 e. The first-order valence-corrected chi connectivity index (χ1v) is 12.0. The van der Waals surface area contributed by atoms with Gasteiger partial charge >= 0.3 is 5.97 Å². The number of piperidine rings is 1. The van der Waals surface area contributed by atoms with Crippen LogP contribution in [0.5, 0.6) is 0 Å². The number of aromatic nitrogens is 1. The van der Waals surface area contributed by atoms with E-state index in [4.69, 9.17) is 0 Å². The first kappa shape index (κ1) is 20.6. The molecule has 1 aromatic heterocycles. The van der Waals surface area contributed by atoms with Crippen LogP contribution in [0.1, 0.15) is 88.2 Å². The zero-order valence-electron chi connectivity index (χ0n) is 18.7. The SMILES string of the molecule is CC(CC(=O)N1CCCC2(C)C(C(=O)O)CCCC12)c1c[nH]c2cccc(C3CC3)c12. The molecule has 3 fully saturated rings. The lowest BCUT2D eigenvalue weighted by Gasteiger charge is -2.53. The van der Waals surface area contributed by atoms with E-state index in [0.29, 0.717) is 12.3 Å². The third kappa shape index (κ3) is 3.46. The lowest BCUT2D eigenvalue weighted by Crippen LogP contribution is -2.59. The number of benzene rings is 1. The molecule has 3 aliphatic rings. The lowest BCUT2D eigenvalue weighted by molar-refractivity contribution is -0.160. The van der Waals surface area contributed by atoms with Crippen LogP contribution < -0.4 is 0 Å². The molecule has 1 aromatic carbocycles. The van der Waals surface area contributed by atoms with Gasteiger partial charge in [0.2, 0.25) is 5.91 Å². The highest BCUT2D eigenvalue weighted by Crippen LogP contribution is 2.50. The Morgan fingerprint density at radius 1 is 1.23 bits per heavy atom. The number of hydrogen-bond acceptors (Lipinski definition) is 2. The molecule has 2 saturated carbocycles. The number of amides is 1. The summed E-state index contributed by atoms with van der Waals surface area (Å²) in [5.74, 6) is -0.0460. The summed E-state index contributed by atoms with van der Waals surface area (Å²) in [6, 6.07) is 6.56. The average molecular weight is 423 g/mol. The van der Waals surface area contributed by atoms with Crippen molar-refractivity contribution in [1.29, 1.82) is 0 Å². The van der Waals surface area contributed by atoms with E-state index in [1.165, 1.54) is 34.9 Å². The van der Waals surface area contributed by atoms with E-state index >= 15 is 0 Å². The maximum atomic E-state index is 13.5. The van der Waals surface area contributed by atoms with Crippen molar-refractivity contribution in [3.63, 3.8) is 0 Å². The van der Waals surface area contributed by atoms with Crippen LogP contribution >= 0.6 is 0 Å². The van der Waals surface area contributed by atoms with Crippen LogP contribution in [0.4, 0.5) is 0 Å². The van der Waals surface area contributed by atoms with Crippen molar-refractivity contribution < 1.29 is 14.7 Å². The maximum absolute atomic E-state index is 13.5. The molecule has 0 radical (unpaired) electrons. The van der Waals surface area contributed by atoms with Crippen molar-refractivity contribution in [2.75, 3.05) is 6.54 Å². The predicted octanol–water partition coefficient (Wildman–Crippen LogP) is 5.42. The summed E-state index contributed by atoms with van der Waals surface area (Å²) < 4.78 is 0. The van der Waals surface area contributed by atoms with Gasteiger partial charge in [0.1, 0.15) is 0 Å². The molecule has 1 saturated heterocycles. The van der Waals surface area contributed by atoms with E-state index in [0.717, 1.165) is 38.6 Å². The van der Waals surface area contributed by atoms with Crippen molar-refractivity contribution in [1.82, 2.24) is 9.88 Å². The first-order chi connectivity index (χ1) is 14.9. The molecule has 5 rings (SSSR count). The standard InChI is InChI=1S/C26H34N2O3/c1-16(19-15-27-21-8-3-6-18(24(19)21)17-10-11-17)14-23(29)28-13-5-12-26(2)20(25(30)31)7-4-9-22(26)28/h3,6,8,15-17,20,22,27H,4-5,7,9-14H2,1-2H3,(H,30,31). The summed E-state index contributed by atoms with van der Waals surface area (Å²) in [6.07, 6.45) is 9.46. The molecule has 31 heavy (non-hydrogen) atoms. The molecule has 166 valence electrons. The number of H-pyrrole nitrogens is 1. The second kappa shape index (κ2) is 7.68. The van der Waals surface area contributed by atoms with Gasteiger partial charge < -0.3 is 15.0 Å². The van der Waals surface area contributed by atoms with E-state index in [2.05, 4.69) is 43.2 Å². The molecule has 1 aliphatic heterocycles. The Hall–Kier alpha value is -2.30. The summed E-state index contributed by atoms with van der Waals surface area (Å²) in [5, 5.41) is 11.1. The second-order valence-corrected chi connectivity index (χ2v) is 10.4. The van der Waals surface area contributed by atoms with Crippen LogP contribution in [0, 0.1) is 11.3 Å². The van der Waals surface area contributed by atoms with Gasteiger partial charge in [-0.05, 0) is 67.6 Å². The fourth-order valence-electron chi connectivity index (χ4n) is 6.60. The van der Waals surface area contributed by atoms with Crippen LogP contribution in [0.3, 0.4) is 0 Å². The minimum Gasteiger partial charge on any atom is -0.481 e. The van der Waals surface area contributed by atoms with Gasteiger partial charge in [-0.2, -0.15) is 0 Å². The molecule has 5 nitrogen and oxygen atoms in total. The molecule has 2 N–H and O–H groups in total. The molecule has 2 aromatic rings. The minimum absolute atomic E-state index is 0.0563. The number of fused-ring (bicyclic) bond motifs is 2. The number of aliphatic carboxylic acids is 1. The summed E-state index contributed by atoms with van der Waals surface area (Å²) in [4.78, 5) is 30.9. The monoisotopic (exact) mass is 422 g/mol. The first-order valence-electron chi connectivity index (χ1n) is 12.0. The number of carbonyl (C=O) groups excluding carboxylic acids is 1. The highest BCUT2D eigenvalue weighted by molar-refractivity contribution is 5.89. The summed E-state index contributed by atoms with van der Waals surface area (Å²) in [5.41, 5.74) is 3.54. The third-order valence-corrected chi connectivity index (χ3v) is 8.43. The summed E-state index contributed by atoms with van der Waals surface area (Å²) >= 11 is 0. The molecule has 2 aliphatic carbocycles. The van der Waals surface area contributed by atoms with Gasteiger partial charge in [-0.3, -0.25) is 9.59 Å².